The number of ether oxygens (including phenoxy) is 1. The van der Waals surface area contributed by atoms with Crippen LogP contribution in [0.15, 0.2) is 12.1 Å². The third-order valence-electron chi connectivity index (χ3n) is 3.11. The molecule has 0 aliphatic carbocycles. The van der Waals surface area contributed by atoms with E-state index in [4.69, 9.17) is 10.5 Å². The zero-order valence-electron chi connectivity index (χ0n) is 11.4. The second-order valence-corrected chi connectivity index (χ2v) is 4.53. The maximum Gasteiger partial charge on any atom is 0.311 e. The second kappa shape index (κ2) is 6.84. The summed E-state index contributed by atoms with van der Waals surface area (Å²) in [6.45, 7) is 2.75. The van der Waals surface area contributed by atoms with Gasteiger partial charge in [-0.1, -0.05) is 0 Å². The lowest BCUT2D eigenvalue weighted by molar-refractivity contribution is -0.384. The maximum atomic E-state index is 11.9. The van der Waals surface area contributed by atoms with Crippen molar-refractivity contribution in [3.05, 3.63) is 22.2 Å². The fraction of sp³-hybridized carbons (Fsp3) is 0.500. The van der Waals surface area contributed by atoms with Gasteiger partial charge in [0, 0.05) is 32.1 Å². The van der Waals surface area contributed by atoms with Crippen molar-refractivity contribution in [3.8, 4) is 0 Å². The number of morpholine rings is 1. The van der Waals surface area contributed by atoms with E-state index in [9.17, 15) is 14.9 Å². The van der Waals surface area contributed by atoms with Gasteiger partial charge in [-0.25, -0.2) is 4.98 Å². The summed E-state index contributed by atoms with van der Waals surface area (Å²) in [6.07, 6.45) is 0.318. The Hall–Kier alpha value is -2.42. The average molecular weight is 295 g/mol. The number of anilines is 2. The van der Waals surface area contributed by atoms with Crippen LogP contribution in [0.3, 0.4) is 0 Å². The van der Waals surface area contributed by atoms with E-state index >= 15 is 0 Å². The van der Waals surface area contributed by atoms with Gasteiger partial charge in [-0.3, -0.25) is 14.9 Å². The first-order chi connectivity index (χ1) is 10.1. The zero-order valence-corrected chi connectivity index (χ0v) is 11.4. The summed E-state index contributed by atoms with van der Waals surface area (Å²) in [5.74, 6) is 0.304. The normalized spacial score (nSPS) is 14.8. The Morgan fingerprint density at radius 3 is 2.81 bits per heavy atom. The van der Waals surface area contributed by atoms with Crippen LogP contribution in [-0.4, -0.2) is 53.6 Å². The van der Waals surface area contributed by atoms with E-state index in [1.807, 2.05) is 0 Å². The van der Waals surface area contributed by atoms with Gasteiger partial charge in [0.15, 0.2) is 0 Å². The first-order valence-corrected chi connectivity index (χ1v) is 6.58. The van der Waals surface area contributed by atoms with Crippen molar-refractivity contribution < 1.29 is 14.5 Å². The second-order valence-electron chi connectivity index (χ2n) is 4.53. The van der Waals surface area contributed by atoms with Crippen LogP contribution in [0.25, 0.3) is 0 Å². The minimum atomic E-state index is -0.589. The van der Waals surface area contributed by atoms with Crippen LogP contribution in [0, 0.1) is 10.1 Å². The summed E-state index contributed by atoms with van der Waals surface area (Å²) in [7, 11) is 0. The molecule has 0 saturated carbocycles. The molecule has 3 N–H and O–H groups in total. The third-order valence-corrected chi connectivity index (χ3v) is 3.11. The summed E-state index contributed by atoms with van der Waals surface area (Å²) >= 11 is 0. The van der Waals surface area contributed by atoms with Crippen molar-refractivity contribution >= 4 is 23.2 Å². The molecule has 1 saturated heterocycles. The molecule has 1 aromatic rings. The lowest BCUT2D eigenvalue weighted by atomic mass is 10.3. The molecule has 0 atom stereocenters. The van der Waals surface area contributed by atoms with E-state index in [-0.39, 0.29) is 17.4 Å². The Bertz CT molecular complexity index is 530. The number of nitrogens with two attached hydrogens (primary N) is 1. The first kappa shape index (κ1) is 15.0. The molecule has 0 bridgehead atoms. The number of nitrogens with one attached hydrogen (secondary N) is 1. The molecule has 1 amide bonds. The smallest absolute Gasteiger partial charge is 0.311 e. The highest BCUT2D eigenvalue weighted by molar-refractivity contribution is 5.76. The van der Waals surface area contributed by atoms with Crippen LogP contribution >= 0.6 is 0 Å². The van der Waals surface area contributed by atoms with E-state index in [0.717, 1.165) is 0 Å². The SMILES string of the molecule is Nc1nc(NCCC(=O)N2CCOCC2)ccc1[N+](=O)[O-]. The van der Waals surface area contributed by atoms with Crippen LogP contribution in [0.5, 0.6) is 0 Å². The lowest BCUT2D eigenvalue weighted by Gasteiger charge is -2.26. The van der Waals surface area contributed by atoms with E-state index in [1.165, 1.54) is 12.1 Å². The first-order valence-electron chi connectivity index (χ1n) is 6.58. The van der Waals surface area contributed by atoms with Crippen molar-refractivity contribution in [2.24, 2.45) is 0 Å². The molecule has 21 heavy (non-hydrogen) atoms. The Labute approximate surface area is 121 Å². The Morgan fingerprint density at radius 2 is 2.19 bits per heavy atom. The van der Waals surface area contributed by atoms with Crippen molar-refractivity contribution in [3.63, 3.8) is 0 Å². The molecule has 0 unspecified atom stereocenters. The number of nitrogen functional groups attached to an aromatic ring is 1. The van der Waals surface area contributed by atoms with Crippen molar-refractivity contribution in [2.45, 2.75) is 6.42 Å². The van der Waals surface area contributed by atoms with Gasteiger partial charge >= 0.3 is 5.69 Å². The van der Waals surface area contributed by atoms with Gasteiger partial charge in [-0.2, -0.15) is 0 Å². The van der Waals surface area contributed by atoms with Crippen molar-refractivity contribution in [1.82, 2.24) is 9.88 Å². The number of hydrogen-bond acceptors (Lipinski definition) is 7. The number of carbonyl (C=O) groups excluding carboxylic acids is 1. The van der Waals surface area contributed by atoms with E-state index in [0.29, 0.717) is 45.1 Å². The number of hydrogen-bond donors (Lipinski definition) is 2. The number of aromatic nitrogens is 1. The predicted octanol–water partition coefficient (Wildman–Crippen LogP) is 0.233. The summed E-state index contributed by atoms with van der Waals surface area (Å²) in [5.41, 5.74) is 5.26. The Kier molecular flexibility index (Phi) is 4.88. The average Bonchev–Trinajstić information content (AvgIpc) is 2.47. The Morgan fingerprint density at radius 1 is 1.48 bits per heavy atom. The highest BCUT2D eigenvalue weighted by atomic mass is 16.6. The quantitative estimate of drug-likeness (QED) is 0.588. The molecular weight excluding hydrogens is 278 g/mol. The largest absolute Gasteiger partial charge is 0.378 e. The highest BCUT2D eigenvalue weighted by Crippen LogP contribution is 2.20. The number of carbonyl (C=O) groups is 1. The maximum absolute atomic E-state index is 11.9. The van der Waals surface area contributed by atoms with Crippen LogP contribution < -0.4 is 11.1 Å². The third kappa shape index (κ3) is 4.02. The molecule has 1 fully saturated rings. The monoisotopic (exact) mass is 295 g/mol. The van der Waals surface area contributed by atoms with Gasteiger partial charge in [-0.05, 0) is 6.07 Å². The fourth-order valence-corrected chi connectivity index (χ4v) is 1.99. The molecule has 1 aliphatic heterocycles. The summed E-state index contributed by atoms with van der Waals surface area (Å²) in [4.78, 5) is 27.6. The van der Waals surface area contributed by atoms with Gasteiger partial charge in [0.2, 0.25) is 11.7 Å². The zero-order chi connectivity index (χ0) is 15.2. The minimum Gasteiger partial charge on any atom is -0.378 e. The molecule has 1 aliphatic rings. The van der Waals surface area contributed by atoms with Gasteiger partial charge in [-0.15, -0.1) is 0 Å². The molecule has 0 spiro atoms. The molecule has 0 aromatic carbocycles. The molecule has 2 rings (SSSR count). The predicted molar refractivity (Wildman–Crippen MR) is 75.8 cm³/mol. The van der Waals surface area contributed by atoms with E-state index in [2.05, 4.69) is 10.3 Å². The highest BCUT2D eigenvalue weighted by Gasteiger charge is 2.16. The standard InChI is InChI=1S/C12H17N5O4/c13-12-9(17(19)20)1-2-10(15-12)14-4-3-11(18)16-5-7-21-8-6-16/h1-2H,3-8H2,(H3,13,14,15). The van der Waals surface area contributed by atoms with Crippen LogP contribution in [0.4, 0.5) is 17.3 Å². The van der Waals surface area contributed by atoms with Gasteiger partial charge in [0.25, 0.3) is 0 Å². The van der Waals surface area contributed by atoms with E-state index in [1.54, 1.807) is 4.90 Å². The van der Waals surface area contributed by atoms with Crippen LogP contribution in [0.1, 0.15) is 6.42 Å². The molecule has 0 radical (unpaired) electrons. The number of amides is 1. The van der Waals surface area contributed by atoms with Gasteiger partial charge in [0.05, 0.1) is 18.1 Å². The molecular formula is C12H17N5O4. The van der Waals surface area contributed by atoms with Gasteiger partial charge in [0.1, 0.15) is 5.82 Å². The summed E-state index contributed by atoms with van der Waals surface area (Å²) in [6, 6.07) is 2.75. The van der Waals surface area contributed by atoms with Gasteiger partial charge < -0.3 is 20.7 Å². The number of rotatable bonds is 5. The molecule has 2 heterocycles. The molecule has 114 valence electrons. The molecule has 1 aromatic heterocycles. The molecule has 9 nitrogen and oxygen atoms in total. The minimum absolute atomic E-state index is 0.0423. The fourth-order valence-electron chi connectivity index (χ4n) is 1.99. The van der Waals surface area contributed by atoms with E-state index < -0.39 is 4.92 Å². The van der Waals surface area contributed by atoms with Crippen LogP contribution in [-0.2, 0) is 9.53 Å². The number of nitrogens with zero attached hydrogens (tertiary/aromatic N) is 3. The Balaban J connectivity index is 1.81. The summed E-state index contributed by atoms with van der Waals surface area (Å²) < 4.78 is 5.18. The van der Waals surface area contributed by atoms with Crippen molar-refractivity contribution in [2.75, 3.05) is 43.9 Å². The van der Waals surface area contributed by atoms with Crippen molar-refractivity contribution in [1.29, 1.82) is 0 Å². The summed E-state index contributed by atoms with van der Waals surface area (Å²) in [5, 5.41) is 13.5. The topological polar surface area (TPSA) is 124 Å². The van der Waals surface area contributed by atoms with Crippen LogP contribution in [0.2, 0.25) is 0 Å². The molecule has 9 heteroatoms. The number of pyridine rings is 1. The number of nitro groups is 1. The lowest BCUT2D eigenvalue weighted by Crippen LogP contribution is -2.41.